The van der Waals surface area contributed by atoms with Crippen LogP contribution in [0.1, 0.15) is 29.3 Å². The van der Waals surface area contributed by atoms with Crippen LogP contribution in [0.15, 0.2) is 65.8 Å². The quantitative estimate of drug-likeness (QED) is 0.459. The van der Waals surface area contributed by atoms with Crippen LogP contribution in [-0.2, 0) is 4.79 Å². The third kappa shape index (κ3) is 4.76. The number of fused-ring (bicyclic) bond motifs is 1. The average molecular weight is 386 g/mol. The minimum atomic E-state index is -0.581. The lowest BCUT2D eigenvalue weighted by Crippen LogP contribution is -2.21. The Balaban J connectivity index is 1.65. The Kier molecular flexibility index (Phi) is 5.85. The monoisotopic (exact) mass is 386 g/mol. The molecule has 2 amide bonds. The zero-order chi connectivity index (χ0) is 20.8. The molecule has 3 aromatic rings. The fraction of sp³-hybridized carbons (Fsp3) is 0.0909. The van der Waals surface area contributed by atoms with Gasteiger partial charge < -0.3 is 10.4 Å². The van der Waals surface area contributed by atoms with Crippen LogP contribution in [0.3, 0.4) is 0 Å². The number of phenols is 1. The molecule has 144 valence electrons. The second-order valence-electron chi connectivity index (χ2n) is 6.39. The molecule has 29 heavy (non-hydrogen) atoms. The van der Waals surface area contributed by atoms with Crippen LogP contribution < -0.4 is 10.7 Å². The summed E-state index contributed by atoms with van der Waals surface area (Å²) in [7, 11) is 0. The molecule has 0 saturated carbocycles. The Hall–Kier alpha value is -4.18. The number of benzene rings is 3. The van der Waals surface area contributed by atoms with E-state index in [2.05, 4.69) is 15.8 Å². The third-order valence-corrected chi connectivity index (χ3v) is 4.19. The van der Waals surface area contributed by atoms with Gasteiger partial charge in [0.25, 0.3) is 5.91 Å². The molecule has 0 aliphatic rings. The third-order valence-electron chi connectivity index (χ3n) is 4.19. The lowest BCUT2D eigenvalue weighted by atomic mass is 10.1. The number of hydrogen-bond donors (Lipinski definition) is 3. The molecule has 0 aliphatic carbocycles. The number of aromatic hydroxyl groups is 1. The van der Waals surface area contributed by atoms with Crippen LogP contribution in [0, 0.1) is 11.3 Å². The summed E-state index contributed by atoms with van der Waals surface area (Å²) in [5, 5.41) is 27.4. The molecule has 3 N–H and O–H groups in total. The van der Waals surface area contributed by atoms with E-state index in [1.54, 1.807) is 37.3 Å². The summed E-state index contributed by atoms with van der Waals surface area (Å²) in [5.74, 6) is -1.10. The highest BCUT2D eigenvalue weighted by atomic mass is 16.3. The molecule has 0 atom stereocenters. The van der Waals surface area contributed by atoms with Crippen molar-refractivity contribution in [2.45, 2.75) is 13.3 Å². The molecule has 0 aliphatic heterocycles. The standard InChI is InChI=1S/C22H18N4O3/c1-14(10-21(28)24-19-9-5-4-8-17(19)13-23)25-26-22(29)18-11-15-6-2-3-7-16(15)12-20(18)27/h2-9,11-12,27H,10H2,1H3,(H,24,28)(H,26,29). The van der Waals surface area contributed by atoms with Gasteiger partial charge in [-0.15, -0.1) is 0 Å². The Morgan fingerprint density at radius 1 is 1.07 bits per heavy atom. The van der Waals surface area contributed by atoms with E-state index in [0.29, 0.717) is 17.0 Å². The topological polar surface area (TPSA) is 115 Å². The molecule has 0 bridgehead atoms. The first-order chi connectivity index (χ1) is 14.0. The highest BCUT2D eigenvalue weighted by Crippen LogP contribution is 2.24. The summed E-state index contributed by atoms with van der Waals surface area (Å²) in [6.45, 7) is 1.59. The average Bonchev–Trinajstić information content (AvgIpc) is 2.71. The van der Waals surface area contributed by atoms with Gasteiger partial charge in [0.2, 0.25) is 5.91 Å². The van der Waals surface area contributed by atoms with Crippen LogP contribution in [0.25, 0.3) is 10.8 Å². The van der Waals surface area contributed by atoms with Crippen molar-refractivity contribution < 1.29 is 14.7 Å². The SMILES string of the molecule is CC(CC(=O)Nc1ccccc1C#N)=NNC(=O)c1cc2ccccc2cc1O. The van der Waals surface area contributed by atoms with Gasteiger partial charge in [0.15, 0.2) is 0 Å². The van der Waals surface area contributed by atoms with Crippen LogP contribution in [0.2, 0.25) is 0 Å². The van der Waals surface area contributed by atoms with Gasteiger partial charge in [-0.2, -0.15) is 10.4 Å². The number of nitrogens with one attached hydrogen (secondary N) is 2. The van der Waals surface area contributed by atoms with Gasteiger partial charge in [-0.25, -0.2) is 5.43 Å². The molecule has 0 radical (unpaired) electrons. The van der Waals surface area contributed by atoms with Gasteiger partial charge >= 0.3 is 0 Å². The number of hydrogen-bond acceptors (Lipinski definition) is 5. The minimum Gasteiger partial charge on any atom is -0.507 e. The Labute approximate surface area is 167 Å². The van der Waals surface area contributed by atoms with Crippen molar-refractivity contribution in [1.82, 2.24) is 5.43 Å². The summed E-state index contributed by atoms with van der Waals surface area (Å²) < 4.78 is 0. The molecule has 0 saturated heterocycles. The van der Waals surface area contributed by atoms with E-state index in [-0.39, 0.29) is 23.6 Å². The highest BCUT2D eigenvalue weighted by molar-refractivity contribution is 6.07. The Bertz CT molecular complexity index is 1160. The number of para-hydroxylation sites is 1. The van der Waals surface area contributed by atoms with Crippen molar-refractivity contribution in [3.05, 3.63) is 71.8 Å². The molecule has 0 aromatic heterocycles. The van der Waals surface area contributed by atoms with Crippen molar-refractivity contribution in [2.24, 2.45) is 5.10 Å². The lowest BCUT2D eigenvalue weighted by Gasteiger charge is -2.08. The number of rotatable bonds is 5. The molecule has 0 heterocycles. The fourth-order valence-corrected chi connectivity index (χ4v) is 2.77. The number of hydrazone groups is 1. The maximum atomic E-state index is 12.4. The Morgan fingerprint density at radius 2 is 1.72 bits per heavy atom. The zero-order valence-corrected chi connectivity index (χ0v) is 15.6. The number of carbonyl (C=O) groups excluding carboxylic acids is 2. The molecular weight excluding hydrogens is 368 g/mol. The van der Waals surface area contributed by atoms with Crippen molar-refractivity contribution in [3.63, 3.8) is 0 Å². The molecule has 7 heteroatoms. The van der Waals surface area contributed by atoms with Gasteiger partial charge in [-0.1, -0.05) is 36.4 Å². The zero-order valence-electron chi connectivity index (χ0n) is 15.6. The smallest absolute Gasteiger partial charge is 0.275 e. The summed E-state index contributed by atoms with van der Waals surface area (Å²) in [5.41, 5.74) is 3.58. The van der Waals surface area contributed by atoms with E-state index >= 15 is 0 Å². The highest BCUT2D eigenvalue weighted by Gasteiger charge is 2.13. The van der Waals surface area contributed by atoms with Crippen LogP contribution in [0.5, 0.6) is 5.75 Å². The molecule has 7 nitrogen and oxygen atoms in total. The van der Waals surface area contributed by atoms with E-state index in [1.807, 2.05) is 30.3 Å². The molecule has 3 aromatic carbocycles. The second-order valence-corrected chi connectivity index (χ2v) is 6.39. The van der Waals surface area contributed by atoms with Crippen LogP contribution in [-0.4, -0.2) is 22.6 Å². The molecule has 0 unspecified atom stereocenters. The maximum absolute atomic E-state index is 12.4. The summed E-state index contributed by atoms with van der Waals surface area (Å²) in [4.78, 5) is 24.5. The first-order valence-corrected chi connectivity index (χ1v) is 8.82. The molecule has 0 fully saturated rings. The summed E-state index contributed by atoms with van der Waals surface area (Å²) in [6, 6.07) is 19.1. The van der Waals surface area contributed by atoms with Crippen molar-refractivity contribution in [1.29, 1.82) is 5.26 Å². The number of anilines is 1. The lowest BCUT2D eigenvalue weighted by molar-refractivity contribution is -0.115. The van der Waals surface area contributed by atoms with Crippen LogP contribution >= 0.6 is 0 Å². The van der Waals surface area contributed by atoms with Crippen molar-refractivity contribution >= 4 is 34.0 Å². The maximum Gasteiger partial charge on any atom is 0.275 e. The second kappa shape index (κ2) is 8.67. The van der Waals surface area contributed by atoms with Gasteiger partial charge in [0.05, 0.1) is 23.2 Å². The van der Waals surface area contributed by atoms with Crippen LogP contribution in [0.4, 0.5) is 5.69 Å². The largest absolute Gasteiger partial charge is 0.507 e. The first-order valence-electron chi connectivity index (χ1n) is 8.82. The summed E-state index contributed by atoms with van der Waals surface area (Å²) in [6.07, 6.45) is -0.0657. The number of amides is 2. The molecule has 0 spiro atoms. The number of nitrogens with zero attached hydrogens (tertiary/aromatic N) is 2. The minimum absolute atomic E-state index is 0.0657. The van der Waals surface area contributed by atoms with E-state index in [0.717, 1.165) is 10.8 Å². The number of carbonyl (C=O) groups is 2. The van der Waals surface area contributed by atoms with Gasteiger partial charge in [0, 0.05) is 5.71 Å². The number of phenolic OH excluding ortho intramolecular Hbond substituents is 1. The van der Waals surface area contributed by atoms with E-state index in [9.17, 15) is 14.7 Å². The van der Waals surface area contributed by atoms with Gasteiger partial charge in [-0.3, -0.25) is 9.59 Å². The fourth-order valence-electron chi connectivity index (χ4n) is 2.77. The normalized spacial score (nSPS) is 11.0. The first kappa shape index (κ1) is 19.6. The summed E-state index contributed by atoms with van der Waals surface area (Å²) >= 11 is 0. The predicted octanol–water partition coefficient (Wildman–Crippen LogP) is 3.55. The van der Waals surface area contributed by atoms with E-state index < -0.39 is 5.91 Å². The Morgan fingerprint density at radius 3 is 2.45 bits per heavy atom. The number of nitriles is 1. The van der Waals surface area contributed by atoms with E-state index in [1.165, 1.54) is 6.07 Å². The van der Waals surface area contributed by atoms with Crippen molar-refractivity contribution in [3.8, 4) is 11.8 Å². The van der Waals surface area contributed by atoms with Gasteiger partial charge in [0.1, 0.15) is 11.8 Å². The van der Waals surface area contributed by atoms with Gasteiger partial charge in [-0.05, 0) is 42.0 Å². The van der Waals surface area contributed by atoms with Crippen molar-refractivity contribution in [2.75, 3.05) is 5.32 Å². The molecule has 3 rings (SSSR count). The van der Waals surface area contributed by atoms with E-state index in [4.69, 9.17) is 5.26 Å². The predicted molar refractivity (Wildman–Crippen MR) is 111 cm³/mol. The molecular formula is C22H18N4O3.